The first-order valence-electron chi connectivity index (χ1n) is 12.0. The highest BCUT2D eigenvalue weighted by atomic mass is 19.4. The second-order valence-corrected chi connectivity index (χ2v) is 9.39. The molecular weight excluding hydrogens is 497 g/mol. The van der Waals surface area contributed by atoms with E-state index in [1.54, 1.807) is 34.1 Å². The van der Waals surface area contributed by atoms with E-state index in [0.29, 0.717) is 30.8 Å². The molecule has 1 saturated heterocycles. The molecule has 0 bridgehead atoms. The number of carbonyl (C=O) groups is 2. The molecule has 4 aromatic rings. The number of hydrogen-bond donors (Lipinski definition) is 0. The Kier molecular flexibility index (Phi) is 5.74. The van der Waals surface area contributed by atoms with Gasteiger partial charge in [0.25, 0.3) is 11.8 Å². The Hall–Kier alpha value is -4.47. The number of halogens is 3. The average molecular weight is 518 g/mol. The molecule has 3 aromatic carbocycles. The normalized spacial score (nSPS) is 19.2. The molecule has 38 heavy (non-hydrogen) atoms. The largest absolute Gasteiger partial charge is 0.471 e. The van der Waals surface area contributed by atoms with E-state index in [0.717, 1.165) is 11.1 Å². The third-order valence-electron chi connectivity index (χ3n) is 7.09. The summed E-state index contributed by atoms with van der Waals surface area (Å²) in [6.07, 6.45) is -4.76. The summed E-state index contributed by atoms with van der Waals surface area (Å²) in [7, 11) is 0. The van der Waals surface area contributed by atoms with Crippen LogP contribution in [0.15, 0.2) is 83.4 Å². The van der Waals surface area contributed by atoms with Crippen molar-refractivity contribution in [2.24, 2.45) is 0 Å². The predicted octanol–water partition coefficient (Wildman–Crippen LogP) is 5.02. The Morgan fingerprint density at radius 1 is 0.947 bits per heavy atom. The molecular formula is C28H21F3N4O3. The second-order valence-electron chi connectivity index (χ2n) is 9.39. The van der Waals surface area contributed by atoms with Crippen LogP contribution in [-0.4, -0.2) is 50.9 Å². The summed E-state index contributed by atoms with van der Waals surface area (Å²) in [6, 6.07) is 23.3. The molecule has 2 unspecified atom stereocenters. The summed E-state index contributed by atoms with van der Waals surface area (Å²) in [4.78, 5) is 33.9. The zero-order valence-corrected chi connectivity index (χ0v) is 19.9. The molecule has 6 rings (SSSR count). The van der Waals surface area contributed by atoms with Crippen molar-refractivity contribution in [1.29, 1.82) is 0 Å². The van der Waals surface area contributed by atoms with Gasteiger partial charge in [0, 0.05) is 42.2 Å². The summed E-state index contributed by atoms with van der Waals surface area (Å²) in [5.41, 5.74) is 2.99. The third kappa shape index (κ3) is 4.21. The summed E-state index contributed by atoms with van der Waals surface area (Å²) in [5, 5.41) is 3.43. The van der Waals surface area contributed by atoms with Gasteiger partial charge in [-0.05, 0) is 29.3 Å². The van der Waals surface area contributed by atoms with Crippen LogP contribution in [0, 0.1) is 0 Å². The minimum Gasteiger partial charge on any atom is -0.336 e. The van der Waals surface area contributed by atoms with Gasteiger partial charge in [-0.2, -0.15) is 18.2 Å². The highest BCUT2D eigenvalue weighted by Gasteiger charge is 2.44. The first kappa shape index (κ1) is 23.9. The van der Waals surface area contributed by atoms with E-state index in [1.165, 1.54) is 6.07 Å². The average Bonchev–Trinajstić information content (AvgIpc) is 3.67. The summed E-state index contributed by atoms with van der Waals surface area (Å²) >= 11 is 0. The van der Waals surface area contributed by atoms with Crippen molar-refractivity contribution >= 4 is 11.8 Å². The maximum Gasteiger partial charge on any atom is 0.471 e. The van der Waals surface area contributed by atoms with Gasteiger partial charge in [0.2, 0.25) is 5.82 Å². The minimum absolute atomic E-state index is 0.0990. The van der Waals surface area contributed by atoms with Crippen molar-refractivity contribution in [2.45, 2.75) is 24.7 Å². The maximum atomic E-state index is 13.6. The highest BCUT2D eigenvalue weighted by molar-refractivity contribution is 6.00. The van der Waals surface area contributed by atoms with Gasteiger partial charge in [-0.25, -0.2) is 0 Å². The topological polar surface area (TPSA) is 79.5 Å². The molecule has 2 amide bonds. The molecule has 3 heterocycles. The molecule has 192 valence electrons. The van der Waals surface area contributed by atoms with Crippen LogP contribution in [0.5, 0.6) is 0 Å². The molecule has 2 aliphatic heterocycles. The lowest BCUT2D eigenvalue weighted by molar-refractivity contribution is -0.159. The molecule has 0 N–H and O–H groups in total. The Morgan fingerprint density at radius 3 is 2.34 bits per heavy atom. The number of rotatable bonds is 4. The minimum atomic E-state index is -4.76. The van der Waals surface area contributed by atoms with E-state index < -0.39 is 12.1 Å². The van der Waals surface area contributed by atoms with E-state index in [4.69, 9.17) is 0 Å². The Morgan fingerprint density at radius 2 is 1.66 bits per heavy atom. The van der Waals surface area contributed by atoms with Gasteiger partial charge in [0.1, 0.15) is 0 Å². The zero-order valence-electron chi connectivity index (χ0n) is 19.9. The number of nitrogens with zero attached hydrogens (tertiary/aromatic N) is 4. The van der Waals surface area contributed by atoms with E-state index in [1.807, 2.05) is 48.5 Å². The van der Waals surface area contributed by atoms with E-state index >= 15 is 0 Å². The van der Waals surface area contributed by atoms with Gasteiger partial charge in [0.15, 0.2) is 0 Å². The number of hydrogen-bond acceptors (Lipinski definition) is 5. The van der Waals surface area contributed by atoms with Crippen LogP contribution in [0.1, 0.15) is 43.7 Å². The maximum absolute atomic E-state index is 13.6. The van der Waals surface area contributed by atoms with E-state index in [-0.39, 0.29) is 35.2 Å². The van der Waals surface area contributed by atoms with Crippen LogP contribution in [0.3, 0.4) is 0 Å². The standard InChI is InChI=1S/C28H21F3N4O3/c29-28(30,31)27-32-24(33-38-27)19-11-12-20-14-35(26(37)21(20)13-19)23-16-34(25(36)18-9-5-2-6-10-18)15-22(23)17-7-3-1-4-8-17/h1-13,22-23H,14-16H2. The Bertz CT molecular complexity index is 1500. The fourth-order valence-corrected chi connectivity index (χ4v) is 5.25. The lowest BCUT2D eigenvalue weighted by Gasteiger charge is -2.28. The monoisotopic (exact) mass is 518 g/mol. The van der Waals surface area contributed by atoms with Crippen molar-refractivity contribution < 1.29 is 27.3 Å². The summed E-state index contributed by atoms with van der Waals surface area (Å²) in [6.45, 7) is 1.15. The van der Waals surface area contributed by atoms with Gasteiger partial charge in [-0.3, -0.25) is 9.59 Å². The van der Waals surface area contributed by atoms with Crippen LogP contribution in [-0.2, 0) is 12.7 Å². The molecule has 0 radical (unpaired) electrons. The SMILES string of the molecule is O=C(c1ccccc1)N1CC(c2ccccc2)C(N2Cc3ccc(-c4noc(C(F)(F)F)n4)cc3C2=O)C1. The quantitative estimate of drug-likeness (QED) is 0.379. The molecule has 0 aliphatic carbocycles. The van der Waals surface area contributed by atoms with Crippen molar-refractivity contribution in [1.82, 2.24) is 19.9 Å². The number of likely N-dealkylation sites (tertiary alicyclic amines) is 1. The van der Waals surface area contributed by atoms with Crippen LogP contribution >= 0.6 is 0 Å². The van der Waals surface area contributed by atoms with Gasteiger partial charge < -0.3 is 14.3 Å². The number of aromatic nitrogens is 2. The van der Waals surface area contributed by atoms with Crippen LogP contribution < -0.4 is 0 Å². The predicted molar refractivity (Wildman–Crippen MR) is 130 cm³/mol. The molecule has 1 fully saturated rings. The number of benzene rings is 3. The van der Waals surface area contributed by atoms with Crippen molar-refractivity contribution in [3.63, 3.8) is 0 Å². The molecule has 0 spiro atoms. The fourth-order valence-electron chi connectivity index (χ4n) is 5.25. The smallest absolute Gasteiger partial charge is 0.336 e. The van der Waals surface area contributed by atoms with Crippen LogP contribution in [0.2, 0.25) is 0 Å². The van der Waals surface area contributed by atoms with E-state index in [9.17, 15) is 22.8 Å². The van der Waals surface area contributed by atoms with Crippen LogP contribution in [0.25, 0.3) is 11.4 Å². The lowest BCUT2D eigenvalue weighted by atomic mass is 9.93. The lowest BCUT2D eigenvalue weighted by Crippen LogP contribution is -2.41. The van der Waals surface area contributed by atoms with Gasteiger partial charge in [0.05, 0.1) is 6.04 Å². The molecule has 0 saturated carbocycles. The summed E-state index contributed by atoms with van der Waals surface area (Å²) in [5.74, 6) is -2.14. The van der Waals surface area contributed by atoms with Crippen LogP contribution in [0.4, 0.5) is 13.2 Å². The fraction of sp³-hybridized carbons (Fsp3) is 0.214. The molecule has 1 aromatic heterocycles. The first-order valence-corrected chi connectivity index (χ1v) is 12.0. The van der Waals surface area contributed by atoms with Gasteiger partial charge >= 0.3 is 12.1 Å². The zero-order chi connectivity index (χ0) is 26.4. The molecule has 10 heteroatoms. The van der Waals surface area contributed by atoms with Gasteiger partial charge in [-0.1, -0.05) is 65.8 Å². The Labute approximate surface area is 215 Å². The number of amides is 2. The summed E-state index contributed by atoms with van der Waals surface area (Å²) < 4.78 is 43.1. The highest BCUT2D eigenvalue weighted by Crippen LogP contribution is 2.38. The molecule has 2 aliphatic rings. The second kappa shape index (κ2) is 9.13. The number of carbonyl (C=O) groups excluding carboxylic acids is 2. The molecule has 7 nitrogen and oxygen atoms in total. The van der Waals surface area contributed by atoms with Crippen molar-refractivity contribution in [2.75, 3.05) is 13.1 Å². The molecule has 2 atom stereocenters. The van der Waals surface area contributed by atoms with E-state index in [2.05, 4.69) is 14.7 Å². The van der Waals surface area contributed by atoms with Crippen molar-refractivity contribution in [3.05, 3.63) is 107 Å². The first-order chi connectivity index (χ1) is 18.3. The van der Waals surface area contributed by atoms with Crippen molar-refractivity contribution in [3.8, 4) is 11.4 Å². The Balaban J connectivity index is 1.30. The third-order valence-corrected chi connectivity index (χ3v) is 7.09. The van der Waals surface area contributed by atoms with Gasteiger partial charge in [-0.15, -0.1) is 0 Å². The number of alkyl halides is 3. The number of fused-ring (bicyclic) bond motifs is 1.